The Morgan fingerprint density at radius 1 is 0.938 bits per heavy atom. The molecule has 48 heavy (non-hydrogen) atoms. The van der Waals surface area contributed by atoms with Gasteiger partial charge in [0.25, 0.3) is 0 Å². The number of ketones is 1. The molecule has 274 valence electrons. The zero-order valence-corrected chi connectivity index (χ0v) is 27.4. The number of hydrogen-bond donors (Lipinski definition) is 11. The summed E-state index contributed by atoms with van der Waals surface area (Å²) in [6.45, 7) is 8.66. The molecule has 4 saturated carbocycles. The normalized spacial score (nSPS) is 57.8. The molecule has 0 spiro atoms. The summed E-state index contributed by atoms with van der Waals surface area (Å²) in [5.74, 6) is -4.99. The second-order valence-corrected chi connectivity index (χ2v) is 15.9. The molecule has 2 saturated heterocycles. The van der Waals surface area contributed by atoms with Gasteiger partial charge >= 0.3 is 0 Å². The monoisotopic (exact) mass is 688 g/mol. The van der Waals surface area contributed by atoms with Crippen LogP contribution in [0.3, 0.4) is 0 Å². The molecule has 4 aliphatic carbocycles. The SMILES string of the molecule is C=C(CC[C@@]1(O)O[C@H]2C[C@H]3[C@@H]4[C@H](O)C(=O)[C@]5(O)[C@@H](O)[C@@H](O)[C@@H](O)[C@@H](O)[C@]5(C)[C@H]4CC[C@]3(C)[C@H]2[C@@H]1C)CO[C@@H]1O[C@H](CO)[C@@H](O)[C@H](O)[C@H]1O. The topological polar surface area (TPSA) is 267 Å². The van der Waals surface area contributed by atoms with Crippen molar-refractivity contribution in [3.63, 3.8) is 0 Å². The van der Waals surface area contributed by atoms with E-state index in [1.165, 1.54) is 6.92 Å². The van der Waals surface area contributed by atoms with Gasteiger partial charge in [-0.1, -0.05) is 32.9 Å². The Labute approximate surface area is 278 Å². The van der Waals surface area contributed by atoms with Crippen LogP contribution in [0, 0.1) is 40.4 Å². The predicted molar refractivity (Wildman–Crippen MR) is 161 cm³/mol. The summed E-state index contributed by atoms with van der Waals surface area (Å²) in [6, 6.07) is 0. The van der Waals surface area contributed by atoms with E-state index in [1.54, 1.807) is 0 Å². The van der Waals surface area contributed by atoms with Crippen LogP contribution in [0.15, 0.2) is 12.2 Å². The standard InChI is InChI=1S/C33H52O15/c1-12(11-46-29-25(40)22(37)20(35)17(10-34)47-29)5-8-32(44)13(2)19-16(48-32)9-15-18-14(6-7-30(15,19)3)31(4)26(41)23(38)24(39)28(43)33(31,45)27(42)21(18)36/h13-26,28-29,34-41,43-45H,1,5-11H2,2-4H3/t13-,14-,15-,16-,17+,18+,19-,20+,21-,22-,23+,24-,25+,26+,28-,29+,30-,31-,32+,33-/m0/s1. The van der Waals surface area contributed by atoms with Crippen LogP contribution in [0.2, 0.25) is 0 Å². The van der Waals surface area contributed by atoms with Crippen molar-refractivity contribution in [2.75, 3.05) is 13.2 Å². The minimum Gasteiger partial charge on any atom is -0.394 e. The number of carbonyl (C=O) groups is 1. The summed E-state index contributed by atoms with van der Waals surface area (Å²) in [5.41, 5.74) is -4.45. The van der Waals surface area contributed by atoms with Gasteiger partial charge in [0.05, 0.1) is 25.4 Å². The number of carbonyl (C=O) groups excluding carboxylic acids is 1. The fourth-order valence-corrected chi connectivity index (χ4v) is 11.0. The molecule has 2 aliphatic heterocycles. The molecule has 0 amide bonds. The molecule has 0 radical (unpaired) electrons. The molecule has 6 aliphatic rings. The van der Waals surface area contributed by atoms with Gasteiger partial charge in [0.2, 0.25) is 0 Å². The van der Waals surface area contributed by atoms with Crippen molar-refractivity contribution >= 4 is 5.78 Å². The molecule has 6 rings (SSSR count). The van der Waals surface area contributed by atoms with E-state index in [-0.39, 0.29) is 31.3 Å². The molecule has 20 atom stereocenters. The molecule has 0 unspecified atom stereocenters. The smallest absolute Gasteiger partial charge is 0.196 e. The molecular weight excluding hydrogens is 636 g/mol. The van der Waals surface area contributed by atoms with Crippen molar-refractivity contribution in [1.82, 2.24) is 0 Å². The van der Waals surface area contributed by atoms with Crippen molar-refractivity contribution in [2.24, 2.45) is 40.4 Å². The minimum absolute atomic E-state index is 0.105. The van der Waals surface area contributed by atoms with Crippen molar-refractivity contribution < 1.29 is 75.2 Å². The third-order valence-corrected chi connectivity index (χ3v) is 13.8. The zero-order chi connectivity index (χ0) is 35.5. The average Bonchev–Trinajstić information content (AvgIpc) is 3.49. The first-order chi connectivity index (χ1) is 22.3. The summed E-state index contributed by atoms with van der Waals surface area (Å²) >= 11 is 0. The molecule has 0 bridgehead atoms. The second kappa shape index (κ2) is 12.2. The molecule has 2 heterocycles. The summed E-state index contributed by atoms with van der Waals surface area (Å²) in [4.78, 5) is 13.7. The Morgan fingerprint density at radius 2 is 1.58 bits per heavy atom. The van der Waals surface area contributed by atoms with Crippen LogP contribution in [-0.2, 0) is 19.0 Å². The minimum atomic E-state index is -2.69. The highest BCUT2D eigenvalue weighted by Gasteiger charge is 2.78. The lowest BCUT2D eigenvalue weighted by Gasteiger charge is -2.66. The number of Topliss-reactive ketones (excluding diaryl/α,β-unsaturated/α-hetero) is 1. The highest BCUT2D eigenvalue weighted by atomic mass is 16.7. The van der Waals surface area contributed by atoms with Crippen LogP contribution < -0.4 is 0 Å². The Bertz CT molecular complexity index is 1270. The lowest BCUT2D eigenvalue weighted by atomic mass is 9.40. The van der Waals surface area contributed by atoms with Crippen LogP contribution in [0.1, 0.15) is 52.9 Å². The first-order valence-electron chi connectivity index (χ1n) is 17.0. The lowest BCUT2D eigenvalue weighted by molar-refractivity contribution is -0.315. The van der Waals surface area contributed by atoms with E-state index < -0.39 is 120 Å². The van der Waals surface area contributed by atoms with E-state index in [4.69, 9.17) is 14.2 Å². The van der Waals surface area contributed by atoms with Gasteiger partial charge in [-0.05, 0) is 54.8 Å². The van der Waals surface area contributed by atoms with Crippen molar-refractivity contribution in [2.45, 2.75) is 132 Å². The van der Waals surface area contributed by atoms with Gasteiger partial charge in [-0.2, -0.15) is 0 Å². The van der Waals surface area contributed by atoms with Gasteiger partial charge < -0.3 is 70.4 Å². The predicted octanol–water partition coefficient (Wildman–Crippen LogP) is -3.33. The Hall–Kier alpha value is -1.15. The van der Waals surface area contributed by atoms with Crippen LogP contribution in [0.4, 0.5) is 0 Å². The van der Waals surface area contributed by atoms with Gasteiger partial charge in [0, 0.05) is 17.8 Å². The Morgan fingerprint density at radius 3 is 2.23 bits per heavy atom. The maximum Gasteiger partial charge on any atom is 0.196 e. The van der Waals surface area contributed by atoms with Crippen LogP contribution >= 0.6 is 0 Å². The van der Waals surface area contributed by atoms with E-state index in [9.17, 15) is 61.0 Å². The first-order valence-corrected chi connectivity index (χ1v) is 17.0. The molecule has 0 aromatic carbocycles. The second-order valence-electron chi connectivity index (χ2n) is 15.9. The molecule has 15 nitrogen and oxygen atoms in total. The quantitative estimate of drug-likeness (QED) is 0.117. The summed E-state index contributed by atoms with van der Waals surface area (Å²) in [5, 5.41) is 118. The number of hydrogen-bond acceptors (Lipinski definition) is 15. The van der Waals surface area contributed by atoms with E-state index in [0.29, 0.717) is 24.8 Å². The van der Waals surface area contributed by atoms with E-state index in [1.807, 2.05) is 13.8 Å². The number of ether oxygens (including phenoxy) is 3. The fourth-order valence-electron chi connectivity index (χ4n) is 11.0. The fraction of sp³-hybridized carbons (Fsp3) is 0.909. The zero-order valence-electron chi connectivity index (χ0n) is 27.4. The van der Waals surface area contributed by atoms with Crippen LogP contribution in [-0.4, -0.2) is 154 Å². The molecule has 0 aromatic heterocycles. The highest BCUT2D eigenvalue weighted by molar-refractivity contribution is 5.94. The summed E-state index contributed by atoms with van der Waals surface area (Å²) in [7, 11) is 0. The number of aliphatic hydroxyl groups excluding tert-OH is 9. The van der Waals surface area contributed by atoms with Crippen molar-refractivity contribution in [3.05, 3.63) is 12.2 Å². The maximum absolute atomic E-state index is 13.7. The van der Waals surface area contributed by atoms with Gasteiger partial charge in [0.1, 0.15) is 48.8 Å². The van der Waals surface area contributed by atoms with Gasteiger partial charge in [0.15, 0.2) is 23.5 Å². The van der Waals surface area contributed by atoms with Crippen LogP contribution in [0.5, 0.6) is 0 Å². The molecule has 6 fully saturated rings. The molecule has 11 N–H and O–H groups in total. The molecule has 15 heteroatoms. The third-order valence-electron chi connectivity index (χ3n) is 13.8. The van der Waals surface area contributed by atoms with Gasteiger partial charge in [-0.15, -0.1) is 0 Å². The Balaban J connectivity index is 1.14. The van der Waals surface area contributed by atoms with Crippen LogP contribution in [0.25, 0.3) is 0 Å². The van der Waals surface area contributed by atoms with Gasteiger partial charge in [-0.3, -0.25) is 4.79 Å². The van der Waals surface area contributed by atoms with Crippen molar-refractivity contribution in [1.29, 1.82) is 0 Å². The largest absolute Gasteiger partial charge is 0.394 e. The Kier molecular flexibility index (Phi) is 9.33. The number of aliphatic hydroxyl groups is 11. The van der Waals surface area contributed by atoms with Crippen molar-refractivity contribution in [3.8, 4) is 0 Å². The third kappa shape index (κ3) is 4.81. The van der Waals surface area contributed by atoms with E-state index in [0.717, 1.165) is 0 Å². The maximum atomic E-state index is 13.7. The number of fused-ring (bicyclic) bond motifs is 7. The highest BCUT2D eigenvalue weighted by Crippen LogP contribution is 2.71. The average molecular weight is 689 g/mol. The van der Waals surface area contributed by atoms with Gasteiger partial charge in [-0.25, -0.2) is 0 Å². The van der Waals surface area contributed by atoms with E-state index in [2.05, 4.69) is 6.58 Å². The lowest BCUT2D eigenvalue weighted by Crippen LogP contribution is -2.82. The van der Waals surface area contributed by atoms with E-state index >= 15 is 0 Å². The summed E-state index contributed by atoms with van der Waals surface area (Å²) in [6.07, 6.45) is -15.3. The summed E-state index contributed by atoms with van der Waals surface area (Å²) < 4.78 is 17.3. The first kappa shape index (κ1) is 36.6. The number of rotatable bonds is 7. The molecule has 0 aromatic rings. The molecular formula is C33H52O15.